The number of hydrogen-bond acceptors (Lipinski definition) is 0. The highest BCUT2D eigenvalue weighted by Gasteiger charge is 2.44. The predicted octanol–water partition coefficient (Wildman–Crippen LogP) is 3.71. The van der Waals surface area contributed by atoms with Gasteiger partial charge >= 0.3 is 0 Å². The third-order valence-electron chi connectivity index (χ3n) is 4.28. The highest BCUT2D eigenvalue weighted by atomic mass is 14.5. The van der Waals surface area contributed by atoms with Crippen molar-refractivity contribution in [3.63, 3.8) is 0 Å². The zero-order chi connectivity index (χ0) is 8.72. The van der Waals surface area contributed by atoms with Gasteiger partial charge in [-0.15, -0.1) is 0 Å². The van der Waals surface area contributed by atoms with Gasteiger partial charge in [0.25, 0.3) is 0 Å². The van der Waals surface area contributed by atoms with Crippen LogP contribution in [0.15, 0.2) is 0 Å². The maximum Gasteiger partial charge on any atom is -0.0355 e. The van der Waals surface area contributed by atoms with Gasteiger partial charge in [0.05, 0.1) is 0 Å². The van der Waals surface area contributed by atoms with E-state index in [1.165, 1.54) is 6.42 Å². The van der Waals surface area contributed by atoms with Crippen LogP contribution in [0, 0.1) is 29.6 Å². The lowest BCUT2D eigenvalue weighted by Crippen LogP contribution is -2.21. The number of hydrogen-bond donors (Lipinski definition) is 0. The van der Waals surface area contributed by atoms with Crippen LogP contribution in [0.1, 0.15) is 46.5 Å². The Balaban J connectivity index is 1.98. The summed E-state index contributed by atoms with van der Waals surface area (Å²) in [7, 11) is 0. The van der Waals surface area contributed by atoms with Crippen LogP contribution in [0.2, 0.25) is 0 Å². The van der Waals surface area contributed by atoms with Gasteiger partial charge in [-0.25, -0.2) is 0 Å². The van der Waals surface area contributed by atoms with Gasteiger partial charge < -0.3 is 0 Å². The van der Waals surface area contributed by atoms with Crippen LogP contribution in [0.5, 0.6) is 0 Å². The van der Waals surface area contributed by atoms with Gasteiger partial charge in [-0.05, 0) is 55.3 Å². The normalized spacial score (nSPS) is 46.0. The van der Waals surface area contributed by atoms with E-state index in [1.54, 1.807) is 19.3 Å². The van der Waals surface area contributed by atoms with Crippen LogP contribution < -0.4 is 0 Å². The lowest BCUT2D eigenvalue weighted by atomic mass is 9.76. The average Bonchev–Trinajstić information content (AvgIpc) is 2.53. The van der Waals surface area contributed by atoms with E-state index in [1.807, 2.05) is 0 Å². The van der Waals surface area contributed by atoms with Crippen LogP contribution in [0.4, 0.5) is 0 Å². The van der Waals surface area contributed by atoms with E-state index in [2.05, 4.69) is 20.8 Å². The molecule has 0 amide bonds. The van der Waals surface area contributed by atoms with Gasteiger partial charge in [-0.1, -0.05) is 20.8 Å². The summed E-state index contributed by atoms with van der Waals surface area (Å²) in [6, 6.07) is 0. The molecule has 2 saturated carbocycles. The summed E-state index contributed by atoms with van der Waals surface area (Å²) in [6.45, 7) is 7.24. The number of fused-ring (bicyclic) bond motifs is 2. The van der Waals surface area contributed by atoms with E-state index >= 15 is 0 Å². The molecule has 0 aliphatic heterocycles. The first-order chi connectivity index (χ1) is 5.68. The Morgan fingerprint density at radius 2 is 1.83 bits per heavy atom. The SMILES string of the molecule is CC(C)CC1C2CCC(C2)C1C. The van der Waals surface area contributed by atoms with E-state index in [4.69, 9.17) is 0 Å². The molecule has 4 atom stereocenters. The highest BCUT2D eigenvalue weighted by molar-refractivity contribution is 4.94. The summed E-state index contributed by atoms with van der Waals surface area (Å²) in [5, 5.41) is 0. The van der Waals surface area contributed by atoms with Crippen LogP contribution in [-0.4, -0.2) is 0 Å². The quantitative estimate of drug-likeness (QED) is 0.586. The van der Waals surface area contributed by atoms with Crippen molar-refractivity contribution in [3.8, 4) is 0 Å². The van der Waals surface area contributed by atoms with Crippen molar-refractivity contribution in [1.82, 2.24) is 0 Å². The molecule has 2 aliphatic carbocycles. The van der Waals surface area contributed by atoms with E-state index < -0.39 is 0 Å². The molecule has 2 fully saturated rings. The molecule has 0 saturated heterocycles. The largest absolute Gasteiger partial charge is 0.0628 e. The third kappa shape index (κ3) is 1.30. The van der Waals surface area contributed by atoms with Crippen molar-refractivity contribution < 1.29 is 0 Å². The second-order valence-corrected chi connectivity index (χ2v) is 5.49. The summed E-state index contributed by atoms with van der Waals surface area (Å²) in [5.41, 5.74) is 0. The lowest BCUT2D eigenvalue weighted by Gasteiger charge is -2.29. The van der Waals surface area contributed by atoms with Gasteiger partial charge in [-0.3, -0.25) is 0 Å². The minimum Gasteiger partial charge on any atom is -0.0628 e. The number of rotatable bonds is 2. The van der Waals surface area contributed by atoms with Gasteiger partial charge in [0.15, 0.2) is 0 Å². The fraction of sp³-hybridized carbons (Fsp3) is 1.00. The standard InChI is InChI=1S/C12H22/c1-8(2)6-12-9(3)10-4-5-11(12)7-10/h8-12H,4-7H2,1-3H3. The van der Waals surface area contributed by atoms with Gasteiger partial charge in [0, 0.05) is 0 Å². The monoisotopic (exact) mass is 166 g/mol. The molecule has 0 spiro atoms. The van der Waals surface area contributed by atoms with Gasteiger partial charge in [0.2, 0.25) is 0 Å². The van der Waals surface area contributed by atoms with Gasteiger partial charge in [-0.2, -0.15) is 0 Å². The fourth-order valence-electron chi connectivity index (χ4n) is 3.65. The molecular weight excluding hydrogens is 144 g/mol. The molecular formula is C12H22. The maximum absolute atomic E-state index is 2.50. The molecule has 4 unspecified atom stereocenters. The molecule has 0 heterocycles. The van der Waals surface area contributed by atoms with Gasteiger partial charge in [0.1, 0.15) is 0 Å². The molecule has 0 radical (unpaired) electrons. The van der Waals surface area contributed by atoms with Crippen LogP contribution in [0.3, 0.4) is 0 Å². The van der Waals surface area contributed by atoms with Crippen molar-refractivity contribution in [2.24, 2.45) is 29.6 Å². The van der Waals surface area contributed by atoms with Crippen LogP contribution >= 0.6 is 0 Å². The third-order valence-corrected chi connectivity index (χ3v) is 4.28. The predicted molar refractivity (Wildman–Crippen MR) is 52.9 cm³/mol. The molecule has 2 aliphatic rings. The molecule has 2 bridgehead atoms. The van der Waals surface area contributed by atoms with E-state index in [0.29, 0.717) is 0 Å². The second kappa shape index (κ2) is 3.05. The molecule has 0 nitrogen and oxygen atoms in total. The first-order valence-corrected chi connectivity index (χ1v) is 5.68. The summed E-state index contributed by atoms with van der Waals surface area (Å²) in [5.74, 6) is 5.28. The zero-order valence-corrected chi connectivity index (χ0v) is 8.72. The Morgan fingerprint density at radius 3 is 2.33 bits per heavy atom. The molecule has 2 rings (SSSR count). The van der Waals surface area contributed by atoms with E-state index in [0.717, 1.165) is 29.6 Å². The van der Waals surface area contributed by atoms with Crippen molar-refractivity contribution in [2.75, 3.05) is 0 Å². The molecule has 0 heteroatoms. The van der Waals surface area contributed by atoms with Crippen LogP contribution in [-0.2, 0) is 0 Å². The Kier molecular flexibility index (Phi) is 2.18. The summed E-state index contributed by atoms with van der Waals surface area (Å²) in [6.07, 6.45) is 6.15. The second-order valence-electron chi connectivity index (χ2n) is 5.49. The van der Waals surface area contributed by atoms with Crippen LogP contribution in [0.25, 0.3) is 0 Å². The minimum atomic E-state index is 0.914. The Hall–Kier alpha value is 0. The smallest absolute Gasteiger partial charge is 0.0355 e. The molecule has 0 aromatic rings. The van der Waals surface area contributed by atoms with Crippen molar-refractivity contribution in [3.05, 3.63) is 0 Å². The summed E-state index contributed by atoms with van der Waals surface area (Å²) in [4.78, 5) is 0. The lowest BCUT2D eigenvalue weighted by molar-refractivity contribution is 0.205. The van der Waals surface area contributed by atoms with E-state index in [-0.39, 0.29) is 0 Å². The summed E-state index contributed by atoms with van der Waals surface area (Å²) < 4.78 is 0. The summed E-state index contributed by atoms with van der Waals surface area (Å²) >= 11 is 0. The Labute approximate surface area is 76.7 Å². The molecule has 0 aromatic heterocycles. The minimum absolute atomic E-state index is 0.914. The molecule has 0 N–H and O–H groups in total. The topological polar surface area (TPSA) is 0 Å². The Morgan fingerprint density at radius 1 is 1.17 bits per heavy atom. The molecule has 12 heavy (non-hydrogen) atoms. The van der Waals surface area contributed by atoms with E-state index in [9.17, 15) is 0 Å². The first kappa shape index (κ1) is 8.59. The first-order valence-electron chi connectivity index (χ1n) is 5.68. The highest BCUT2D eigenvalue weighted by Crippen LogP contribution is 2.53. The zero-order valence-electron chi connectivity index (χ0n) is 8.72. The molecule has 0 aromatic carbocycles. The van der Waals surface area contributed by atoms with Crippen molar-refractivity contribution >= 4 is 0 Å². The fourth-order valence-corrected chi connectivity index (χ4v) is 3.65. The molecule has 70 valence electrons. The van der Waals surface area contributed by atoms with Crippen molar-refractivity contribution in [1.29, 1.82) is 0 Å². The average molecular weight is 166 g/mol. The Bertz CT molecular complexity index is 157. The van der Waals surface area contributed by atoms with Crippen molar-refractivity contribution in [2.45, 2.75) is 46.5 Å². The maximum atomic E-state index is 2.50.